The molecule has 1 aromatic rings. The number of hydrogen-bond donors (Lipinski definition) is 1. The SMILES string of the molecule is CC(C)Oc1cc(Br)ccc1C(=O)N1CCC(C)(CN)C1.Cl. The quantitative estimate of drug-likeness (QED) is 0.855. The molecule has 0 aromatic heterocycles. The summed E-state index contributed by atoms with van der Waals surface area (Å²) >= 11 is 3.43. The smallest absolute Gasteiger partial charge is 0.257 e. The summed E-state index contributed by atoms with van der Waals surface area (Å²) in [5.41, 5.74) is 6.47. The topological polar surface area (TPSA) is 55.6 Å². The number of amides is 1. The third kappa shape index (κ3) is 4.37. The molecule has 124 valence electrons. The van der Waals surface area contributed by atoms with Gasteiger partial charge in [0.1, 0.15) is 5.75 Å². The summed E-state index contributed by atoms with van der Waals surface area (Å²) in [6.45, 7) is 8.11. The molecule has 1 heterocycles. The third-order valence-electron chi connectivity index (χ3n) is 3.87. The minimum Gasteiger partial charge on any atom is -0.490 e. The first-order chi connectivity index (χ1) is 9.84. The highest BCUT2D eigenvalue weighted by Crippen LogP contribution is 2.32. The van der Waals surface area contributed by atoms with Crippen LogP contribution in [0.15, 0.2) is 22.7 Å². The van der Waals surface area contributed by atoms with E-state index in [9.17, 15) is 4.79 Å². The van der Waals surface area contributed by atoms with Crippen molar-refractivity contribution in [3.05, 3.63) is 28.2 Å². The maximum Gasteiger partial charge on any atom is 0.257 e. The Morgan fingerprint density at radius 2 is 2.18 bits per heavy atom. The van der Waals surface area contributed by atoms with E-state index >= 15 is 0 Å². The number of likely N-dealkylation sites (tertiary alicyclic amines) is 1. The summed E-state index contributed by atoms with van der Waals surface area (Å²) in [4.78, 5) is 14.6. The lowest BCUT2D eigenvalue weighted by molar-refractivity contribution is 0.0770. The summed E-state index contributed by atoms with van der Waals surface area (Å²) in [5, 5.41) is 0. The number of carbonyl (C=O) groups excluding carboxylic acids is 1. The molecule has 0 bridgehead atoms. The standard InChI is InChI=1S/C16H23BrN2O2.ClH/c1-11(2)21-14-8-12(17)4-5-13(14)15(20)19-7-6-16(3,9-18)10-19;/h4-5,8,11H,6-7,9-10,18H2,1-3H3;1H. The fraction of sp³-hybridized carbons (Fsp3) is 0.562. The van der Waals surface area contributed by atoms with Crippen LogP contribution in [0, 0.1) is 5.41 Å². The van der Waals surface area contributed by atoms with Gasteiger partial charge in [-0.1, -0.05) is 22.9 Å². The molecule has 0 radical (unpaired) electrons. The first-order valence-electron chi connectivity index (χ1n) is 7.30. The molecular weight excluding hydrogens is 368 g/mol. The van der Waals surface area contributed by atoms with Gasteiger partial charge in [-0.2, -0.15) is 0 Å². The van der Waals surface area contributed by atoms with Crippen molar-refractivity contribution >= 4 is 34.2 Å². The van der Waals surface area contributed by atoms with Crippen molar-refractivity contribution in [2.24, 2.45) is 11.1 Å². The fourth-order valence-corrected chi connectivity index (χ4v) is 2.90. The number of nitrogens with two attached hydrogens (primary N) is 1. The number of ether oxygens (including phenoxy) is 1. The Labute approximate surface area is 146 Å². The summed E-state index contributed by atoms with van der Waals surface area (Å²) in [5.74, 6) is 0.654. The van der Waals surface area contributed by atoms with E-state index in [1.807, 2.05) is 36.9 Å². The van der Waals surface area contributed by atoms with Crippen molar-refractivity contribution in [1.29, 1.82) is 0 Å². The van der Waals surface area contributed by atoms with Crippen LogP contribution in [0.5, 0.6) is 5.75 Å². The number of carbonyl (C=O) groups is 1. The van der Waals surface area contributed by atoms with Crippen LogP contribution in [0.25, 0.3) is 0 Å². The average Bonchev–Trinajstić information content (AvgIpc) is 2.81. The molecule has 0 aliphatic carbocycles. The molecule has 1 unspecified atom stereocenters. The number of hydrogen-bond acceptors (Lipinski definition) is 3. The molecule has 1 amide bonds. The lowest BCUT2D eigenvalue weighted by Gasteiger charge is -2.23. The van der Waals surface area contributed by atoms with Crippen LogP contribution >= 0.6 is 28.3 Å². The number of benzene rings is 1. The number of rotatable bonds is 4. The van der Waals surface area contributed by atoms with E-state index < -0.39 is 0 Å². The number of halogens is 2. The lowest BCUT2D eigenvalue weighted by Crippen LogP contribution is -2.34. The molecular formula is C16H24BrClN2O2. The predicted octanol–water partition coefficient (Wildman–Crippen LogP) is 3.47. The van der Waals surface area contributed by atoms with Crippen LogP contribution in [-0.4, -0.2) is 36.5 Å². The van der Waals surface area contributed by atoms with E-state index in [2.05, 4.69) is 22.9 Å². The van der Waals surface area contributed by atoms with Crippen LogP contribution in [0.2, 0.25) is 0 Å². The highest BCUT2D eigenvalue weighted by Gasteiger charge is 2.35. The van der Waals surface area contributed by atoms with Gasteiger partial charge in [0.05, 0.1) is 11.7 Å². The van der Waals surface area contributed by atoms with Gasteiger partial charge in [0.15, 0.2) is 0 Å². The molecule has 0 saturated carbocycles. The second-order valence-corrected chi connectivity index (χ2v) is 7.21. The van der Waals surface area contributed by atoms with Crippen molar-refractivity contribution in [3.63, 3.8) is 0 Å². The zero-order chi connectivity index (χ0) is 15.6. The van der Waals surface area contributed by atoms with Crippen molar-refractivity contribution < 1.29 is 9.53 Å². The second kappa shape index (κ2) is 7.66. The first kappa shape index (κ1) is 19.3. The Balaban J connectivity index is 0.00000242. The average molecular weight is 392 g/mol. The van der Waals surface area contributed by atoms with Crippen LogP contribution in [0.4, 0.5) is 0 Å². The van der Waals surface area contributed by atoms with Gasteiger partial charge in [0.25, 0.3) is 5.91 Å². The molecule has 2 N–H and O–H groups in total. The molecule has 1 aromatic carbocycles. The maximum atomic E-state index is 12.8. The molecule has 1 fully saturated rings. The van der Waals surface area contributed by atoms with Gasteiger partial charge in [-0.15, -0.1) is 12.4 Å². The molecule has 1 aliphatic heterocycles. The second-order valence-electron chi connectivity index (χ2n) is 6.30. The van der Waals surface area contributed by atoms with Gasteiger partial charge < -0.3 is 15.4 Å². The number of nitrogens with zero attached hydrogens (tertiary/aromatic N) is 1. The lowest BCUT2D eigenvalue weighted by atomic mass is 9.90. The van der Waals surface area contributed by atoms with Gasteiger partial charge in [0.2, 0.25) is 0 Å². The molecule has 0 spiro atoms. The van der Waals surface area contributed by atoms with E-state index in [1.165, 1.54) is 0 Å². The predicted molar refractivity (Wildman–Crippen MR) is 94.8 cm³/mol. The van der Waals surface area contributed by atoms with Crippen molar-refractivity contribution in [1.82, 2.24) is 4.90 Å². The van der Waals surface area contributed by atoms with E-state index in [4.69, 9.17) is 10.5 Å². The monoisotopic (exact) mass is 390 g/mol. The van der Waals surface area contributed by atoms with Gasteiger partial charge in [-0.3, -0.25) is 4.79 Å². The molecule has 2 rings (SSSR count). The molecule has 6 heteroatoms. The van der Waals surface area contributed by atoms with Crippen LogP contribution in [0.1, 0.15) is 37.6 Å². The Morgan fingerprint density at radius 1 is 1.50 bits per heavy atom. The molecule has 1 saturated heterocycles. The third-order valence-corrected chi connectivity index (χ3v) is 4.37. The van der Waals surface area contributed by atoms with Gasteiger partial charge in [-0.25, -0.2) is 0 Å². The van der Waals surface area contributed by atoms with Gasteiger partial charge in [0, 0.05) is 17.6 Å². The first-order valence-corrected chi connectivity index (χ1v) is 8.09. The fourth-order valence-electron chi connectivity index (χ4n) is 2.56. The molecule has 1 aliphatic rings. The highest BCUT2D eigenvalue weighted by molar-refractivity contribution is 9.10. The van der Waals surface area contributed by atoms with Crippen molar-refractivity contribution in [3.8, 4) is 5.75 Å². The summed E-state index contributed by atoms with van der Waals surface area (Å²) < 4.78 is 6.69. The summed E-state index contributed by atoms with van der Waals surface area (Å²) in [6, 6.07) is 5.55. The van der Waals surface area contributed by atoms with Crippen LogP contribution < -0.4 is 10.5 Å². The van der Waals surface area contributed by atoms with Gasteiger partial charge >= 0.3 is 0 Å². The minimum atomic E-state index is 0. The van der Waals surface area contributed by atoms with Gasteiger partial charge in [-0.05, 0) is 50.4 Å². The van der Waals surface area contributed by atoms with E-state index in [0.29, 0.717) is 24.4 Å². The van der Waals surface area contributed by atoms with E-state index in [-0.39, 0.29) is 29.8 Å². The normalized spacial score (nSPS) is 20.9. The van der Waals surface area contributed by atoms with Crippen molar-refractivity contribution in [2.75, 3.05) is 19.6 Å². The molecule has 22 heavy (non-hydrogen) atoms. The van der Waals surface area contributed by atoms with E-state index in [1.54, 1.807) is 0 Å². The molecule has 1 atom stereocenters. The maximum absolute atomic E-state index is 12.8. The zero-order valence-corrected chi connectivity index (χ0v) is 15.7. The van der Waals surface area contributed by atoms with Crippen LogP contribution in [-0.2, 0) is 0 Å². The Kier molecular flexibility index (Phi) is 6.71. The van der Waals surface area contributed by atoms with E-state index in [0.717, 1.165) is 17.4 Å². The Hall–Kier alpha value is -0.780. The van der Waals surface area contributed by atoms with Crippen LogP contribution in [0.3, 0.4) is 0 Å². The Bertz CT molecular complexity index is 539. The largest absolute Gasteiger partial charge is 0.490 e. The zero-order valence-electron chi connectivity index (χ0n) is 13.3. The highest BCUT2D eigenvalue weighted by atomic mass is 79.9. The Morgan fingerprint density at radius 3 is 2.73 bits per heavy atom. The molecule has 4 nitrogen and oxygen atoms in total. The summed E-state index contributed by atoms with van der Waals surface area (Å²) in [6.07, 6.45) is 0.977. The minimum absolute atomic E-state index is 0. The summed E-state index contributed by atoms with van der Waals surface area (Å²) in [7, 11) is 0. The van der Waals surface area contributed by atoms with Crippen molar-refractivity contribution in [2.45, 2.75) is 33.3 Å².